The summed E-state index contributed by atoms with van der Waals surface area (Å²) in [6, 6.07) is 9.18. The largest absolute Gasteiger partial charge is 0.481 e. The zero-order valence-corrected chi connectivity index (χ0v) is 10.00. The SMILES string of the molecule is O=C(O)Cc1ccc2nc(-c3ccncc3)[nH]c2c1. The first-order valence-electron chi connectivity index (χ1n) is 5.83. The van der Waals surface area contributed by atoms with Crippen molar-refractivity contribution in [2.24, 2.45) is 0 Å². The van der Waals surface area contributed by atoms with Gasteiger partial charge in [-0.2, -0.15) is 0 Å². The Morgan fingerprint density at radius 1 is 1.21 bits per heavy atom. The van der Waals surface area contributed by atoms with Crippen molar-refractivity contribution in [3.8, 4) is 11.4 Å². The first kappa shape index (κ1) is 11.4. The summed E-state index contributed by atoms with van der Waals surface area (Å²) < 4.78 is 0. The van der Waals surface area contributed by atoms with Crippen molar-refractivity contribution >= 4 is 17.0 Å². The minimum atomic E-state index is -0.840. The van der Waals surface area contributed by atoms with Crippen molar-refractivity contribution in [2.75, 3.05) is 0 Å². The Morgan fingerprint density at radius 2 is 2.00 bits per heavy atom. The molecule has 19 heavy (non-hydrogen) atoms. The maximum atomic E-state index is 10.7. The Bertz CT molecular complexity index is 735. The molecule has 0 aliphatic heterocycles. The number of aliphatic carboxylic acids is 1. The second-order valence-electron chi connectivity index (χ2n) is 4.24. The van der Waals surface area contributed by atoms with Crippen LogP contribution < -0.4 is 0 Å². The second kappa shape index (κ2) is 4.53. The van der Waals surface area contributed by atoms with Gasteiger partial charge in [0.25, 0.3) is 0 Å². The molecule has 0 bridgehead atoms. The number of aromatic nitrogens is 3. The van der Waals surface area contributed by atoms with Gasteiger partial charge in [-0.05, 0) is 29.8 Å². The Labute approximate surface area is 109 Å². The molecular weight excluding hydrogens is 242 g/mol. The fourth-order valence-electron chi connectivity index (χ4n) is 1.99. The highest BCUT2D eigenvalue weighted by atomic mass is 16.4. The molecule has 3 aromatic rings. The number of benzene rings is 1. The monoisotopic (exact) mass is 253 g/mol. The van der Waals surface area contributed by atoms with E-state index in [4.69, 9.17) is 5.11 Å². The third kappa shape index (κ3) is 2.30. The third-order valence-corrected chi connectivity index (χ3v) is 2.86. The number of fused-ring (bicyclic) bond motifs is 1. The lowest BCUT2D eigenvalue weighted by Gasteiger charge is -1.95. The summed E-state index contributed by atoms with van der Waals surface area (Å²) >= 11 is 0. The summed E-state index contributed by atoms with van der Waals surface area (Å²) in [6.45, 7) is 0. The van der Waals surface area contributed by atoms with E-state index < -0.39 is 5.97 Å². The molecule has 2 aromatic heterocycles. The Hall–Kier alpha value is -2.69. The molecule has 0 radical (unpaired) electrons. The number of carboxylic acid groups (broad SMARTS) is 1. The zero-order chi connectivity index (χ0) is 13.2. The smallest absolute Gasteiger partial charge is 0.307 e. The standard InChI is InChI=1S/C14H11N3O2/c18-13(19)8-9-1-2-11-12(7-9)17-14(16-11)10-3-5-15-6-4-10/h1-7H,8H2,(H,16,17)(H,18,19). The van der Waals surface area contributed by atoms with Gasteiger partial charge < -0.3 is 10.1 Å². The number of rotatable bonds is 3. The molecule has 3 rings (SSSR count). The van der Waals surface area contributed by atoms with Gasteiger partial charge in [0.2, 0.25) is 0 Å². The van der Waals surface area contributed by atoms with Crippen LogP contribution in [0.1, 0.15) is 5.56 Å². The Kier molecular flexibility index (Phi) is 2.72. The second-order valence-corrected chi connectivity index (χ2v) is 4.24. The van der Waals surface area contributed by atoms with E-state index in [0.29, 0.717) is 0 Å². The van der Waals surface area contributed by atoms with E-state index in [9.17, 15) is 4.79 Å². The molecular formula is C14H11N3O2. The molecule has 0 saturated heterocycles. The van der Waals surface area contributed by atoms with E-state index in [0.717, 1.165) is 28.0 Å². The molecule has 0 saturated carbocycles. The van der Waals surface area contributed by atoms with Crippen LogP contribution in [0.15, 0.2) is 42.7 Å². The third-order valence-electron chi connectivity index (χ3n) is 2.86. The van der Waals surface area contributed by atoms with E-state index in [1.807, 2.05) is 24.3 Å². The van der Waals surface area contributed by atoms with E-state index in [-0.39, 0.29) is 6.42 Å². The topological polar surface area (TPSA) is 78.9 Å². The molecule has 2 N–H and O–H groups in total. The average molecular weight is 253 g/mol. The van der Waals surface area contributed by atoms with Crippen LogP contribution in [-0.2, 0) is 11.2 Å². The van der Waals surface area contributed by atoms with Gasteiger partial charge >= 0.3 is 5.97 Å². The highest BCUT2D eigenvalue weighted by molar-refractivity contribution is 5.81. The summed E-state index contributed by atoms with van der Waals surface area (Å²) in [7, 11) is 0. The number of pyridine rings is 1. The number of H-pyrrole nitrogens is 1. The van der Waals surface area contributed by atoms with Crippen molar-refractivity contribution in [1.29, 1.82) is 0 Å². The number of aromatic amines is 1. The highest BCUT2D eigenvalue weighted by Crippen LogP contribution is 2.20. The van der Waals surface area contributed by atoms with Gasteiger partial charge in [-0.25, -0.2) is 4.98 Å². The minimum Gasteiger partial charge on any atom is -0.481 e. The van der Waals surface area contributed by atoms with Crippen LogP contribution in [0, 0.1) is 0 Å². The van der Waals surface area contributed by atoms with E-state index in [2.05, 4.69) is 15.0 Å². The van der Waals surface area contributed by atoms with Gasteiger partial charge in [-0.3, -0.25) is 9.78 Å². The van der Waals surface area contributed by atoms with E-state index in [1.54, 1.807) is 18.5 Å². The summed E-state index contributed by atoms with van der Waals surface area (Å²) in [5, 5.41) is 8.79. The van der Waals surface area contributed by atoms with Crippen LogP contribution in [0.5, 0.6) is 0 Å². The molecule has 5 nitrogen and oxygen atoms in total. The number of carbonyl (C=O) groups is 1. The van der Waals surface area contributed by atoms with Gasteiger partial charge in [0.1, 0.15) is 5.82 Å². The maximum absolute atomic E-state index is 10.7. The van der Waals surface area contributed by atoms with Gasteiger partial charge in [-0.15, -0.1) is 0 Å². The fraction of sp³-hybridized carbons (Fsp3) is 0.0714. The number of hydrogen-bond donors (Lipinski definition) is 2. The number of imidazole rings is 1. The van der Waals surface area contributed by atoms with Crippen molar-refractivity contribution < 1.29 is 9.90 Å². The van der Waals surface area contributed by atoms with Crippen LogP contribution >= 0.6 is 0 Å². The Morgan fingerprint density at radius 3 is 2.74 bits per heavy atom. The maximum Gasteiger partial charge on any atom is 0.307 e. The van der Waals surface area contributed by atoms with Gasteiger partial charge in [-0.1, -0.05) is 6.07 Å². The molecule has 2 heterocycles. The fourth-order valence-corrected chi connectivity index (χ4v) is 1.99. The lowest BCUT2D eigenvalue weighted by molar-refractivity contribution is -0.136. The number of nitrogens with zero attached hydrogens (tertiary/aromatic N) is 2. The van der Waals surface area contributed by atoms with Crippen LogP contribution in [0.4, 0.5) is 0 Å². The molecule has 0 aliphatic carbocycles. The van der Waals surface area contributed by atoms with Gasteiger partial charge in [0, 0.05) is 18.0 Å². The first-order chi connectivity index (χ1) is 9.22. The lowest BCUT2D eigenvalue weighted by atomic mass is 10.1. The first-order valence-corrected chi connectivity index (χ1v) is 5.83. The normalized spacial score (nSPS) is 10.7. The summed E-state index contributed by atoms with van der Waals surface area (Å²) in [5.41, 5.74) is 3.36. The van der Waals surface area contributed by atoms with Crippen molar-refractivity contribution in [3.63, 3.8) is 0 Å². The quantitative estimate of drug-likeness (QED) is 0.750. The molecule has 94 valence electrons. The van der Waals surface area contributed by atoms with E-state index >= 15 is 0 Å². The Balaban J connectivity index is 2.04. The molecule has 0 aliphatic rings. The molecule has 0 spiro atoms. The van der Waals surface area contributed by atoms with Gasteiger partial charge in [0.15, 0.2) is 0 Å². The van der Waals surface area contributed by atoms with Crippen LogP contribution in [0.25, 0.3) is 22.4 Å². The molecule has 5 heteroatoms. The summed E-state index contributed by atoms with van der Waals surface area (Å²) in [6.07, 6.45) is 3.43. The minimum absolute atomic E-state index is 0.0134. The highest BCUT2D eigenvalue weighted by Gasteiger charge is 2.07. The molecule has 0 unspecified atom stereocenters. The van der Waals surface area contributed by atoms with Crippen molar-refractivity contribution in [2.45, 2.75) is 6.42 Å². The average Bonchev–Trinajstić information content (AvgIpc) is 2.82. The van der Waals surface area contributed by atoms with Crippen molar-refractivity contribution in [3.05, 3.63) is 48.3 Å². The number of nitrogens with one attached hydrogen (secondary N) is 1. The lowest BCUT2D eigenvalue weighted by Crippen LogP contribution is -1.99. The van der Waals surface area contributed by atoms with Crippen LogP contribution in [0.2, 0.25) is 0 Å². The zero-order valence-electron chi connectivity index (χ0n) is 10.00. The predicted octanol–water partition coefficient (Wildman–Crippen LogP) is 2.25. The van der Waals surface area contributed by atoms with Crippen LogP contribution in [0.3, 0.4) is 0 Å². The van der Waals surface area contributed by atoms with E-state index in [1.165, 1.54) is 0 Å². The number of hydrogen-bond acceptors (Lipinski definition) is 3. The predicted molar refractivity (Wildman–Crippen MR) is 70.7 cm³/mol. The molecule has 0 fully saturated rings. The molecule has 0 amide bonds. The number of carboxylic acids is 1. The summed E-state index contributed by atoms with van der Waals surface area (Å²) in [4.78, 5) is 22.3. The van der Waals surface area contributed by atoms with Crippen molar-refractivity contribution in [1.82, 2.24) is 15.0 Å². The summed E-state index contributed by atoms with van der Waals surface area (Å²) in [5.74, 6) is -0.0851. The van der Waals surface area contributed by atoms with Gasteiger partial charge in [0.05, 0.1) is 17.5 Å². The molecule has 0 atom stereocenters. The molecule has 1 aromatic carbocycles. The van der Waals surface area contributed by atoms with Crippen LogP contribution in [-0.4, -0.2) is 26.0 Å².